The Balaban J connectivity index is 2.32. The van der Waals surface area contributed by atoms with Crippen LogP contribution in [0.2, 0.25) is 0 Å². The monoisotopic (exact) mass is 279 g/mol. The highest BCUT2D eigenvalue weighted by Crippen LogP contribution is 2.20. The predicted octanol–water partition coefficient (Wildman–Crippen LogP) is 1.47. The molecule has 0 atom stereocenters. The third-order valence-corrected chi connectivity index (χ3v) is 2.67. The first kappa shape index (κ1) is 10.8. The molecule has 0 fully saturated rings. The fraction of sp³-hybridized carbons (Fsp3) is 0. The van der Waals surface area contributed by atoms with Crippen LogP contribution >= 0.6 is 15.9 Å². The van der Waals surface area contributed by atoms with Gasteiger partial charge in [-0.15, -0.1) is 0 Å². The zero-order valence-electron chi connectivity index (χ0n) is 8.01. The summed E-state index contributed by atoms with van der Waals surface area (Å²) >= 11 is 2.92. The molecule has 0 spiro atoms. The van der Waals surface area contributed by atoms with Gasteiger partial charge in [-0.3, -0.25) is 14.4 Å². The van der Waals surface area contributed by atoms with Crippen molar-refractivity contribution in [3.05, 3.63) is 46.5 Å². The molecule has 0 bridgehead atoms. The summed E-state index contributed by atoms with van der Waals surface area (Å²) in [4.78, 5) is 35.3. The highest BCUT2D eigenvalue weighted by molar-refractivity contribution is 9.12. The molecule has 5 heteroatoms. The summed E-state index contributed by atoms with van der Waals surface area (Å²) in [5.41, 5.74) is 0.305. The summed E-state index contributed by atoms with van der Waals surface area (Å²) < 4.78 is 0.0989. The Morgan fingerprint density at radius 1 is 1.12 bits per heavy atom. The molecule has 1 aliphatic heterocycles. The first-order chi connectivity index (χ1) is 7.61. The molecule has 0 aliphatic carbocycles. The van der Waals surface area contributed by atoms with E-state index in [1.54, 1.807) is 30.3 Å². The van der Waals surface area contributed by atoms with E-state index >= 15 is 0 Å². The molecule has 0 saturated heterocycles. The lowest BCUT2D eigenvalue weighted by Gasteiger charge is -2.11. The maximum atomic E-state index is 11.8. The number of halogens is 1. The van der Waals surface area contributed by atoms with Crippen molar-refractivity contribution in [3.8, 4) is 0 Å². The number of carbonyl (C=O) groups is 3. The number of hydrogen-bond donors (Lipinski definition) is 0. The minimum atomic E-state index is -0.626. The van der Waals surface area contributed by atoms with E-state index in [0.717, 1.165) is 6.08 Å². The van der Waals surface area contributed by atoms with Crippen LogP contribution < -0.4 is 0 Å². The number of hydrogen-bond acceptors (Lipinski definition) is 3. The number of benzene rings is 1. The van der Waals surface area contributed by atoms with Gasteiger partial charge in [-0.25, -0.2) is 4.90 Å². The van der Waals surface area contributed by atoms with Crippen LogP contribution in [0.5, 0.6) is 0 Å². The van der Waals surface area contributed by atoms with Gasteiger partial charge in [0.2, 0.25) is 0 Å². The predicted molar refractivity (Wildman–Crippen MR) is 59.6 cm³/mol. The molecule has 0 saturated carbocycles. The van der Waals surface area contributed by atoms with Gasteiger partial charge in [0, 0.05) is 11.6 Å². The Labute approximate surface area is 99.7 Å². The summed E-state index contributed by atoms with van der Waals surface area (Å²) in [6.07, 6.45) is 1.09. The summed E-state index contributed by atoms with van der Waals surface area (Å²) in [7, 11) is 0. The molecule has 1 aromatic rings. The average Bonchev–Trinajstić information content (AvgIpc) is 2.54. The highest BCUT2D eigenvalue weighted by atomic mass is 79.9. The summed E-state index contributed by atoms with van der Waals surface area (Å²) in [5, 5.41) is 0. The molecule has 16 heavy (non-hydrogen) atoms. The number of nitrogens with zero attached hydrogens (tertiary/aromatic N) is 1. The molecule has 0 unspecified atom stereocenters. The number of rotatable bonds is 1. The topological polar surface area (TPSA) is 54.5 Å². The second kappa shape index (κ2) is 4.02. The zero-order valence-corrected chi connectivity index (χ0v) is 9.60. The highest BCUT2D eigenvalue weighted by Gasteiger charge is 2.35. The van der Waals surface area contributed by atoms with E-state index in [-0.39, 0.29) is 4.48 Å². The van der Waals surface area contributed by atoms with E-state index in [0.29, 0.717) is 10.5 Å². The second-order valence-electron chi connectivity index (χ2n) is 3.14. The molecule has 2 rings (SSSR count). The molecule has 80 valence electrons. The van der Waals surface area contributed by atoms with Crippen LogP contribution in [0.25, 0.3) is 0 Å². The third-order valence-electron chi connectivity index (χ3n) is 2.10. The first-order valence-electron chi connectivity index (χ1n) is 4.46. The quantitative estimate of drug-likeness (QED) is 0.732. The second-order valence-corrected chi connectivity index (χ2v) is 4.00. The largest absolute Gasteiger partial charge is 0.275 e. The maximum absolute atomic E-state index is 11.8. The van der Waals surface area contributed by atoms with Crippen molar-refractivity contribution in [2.45, 2.75) is 0 Å². The van der Waals surface area contributed by atoms with Gasteiger partial charge < -0.3 is 0 Å². The van der Waals surface area contributed by atoms with Gasteiger partial charge in [-0.2, -0.15) is 0 Å². The SMILES string of the molecule is O=C1C=C(Br)C(=O)N1C(=O)c1ccccc1. The molecular formula is C11H6BrNO3. The first-order valence-corrected chi connectivity index (χ1v) is 5.25. The Hall–Kier alpha value is -1.75. The van der Waals surface area contributed by atoms with Crippen molar-refractivity contribution < 1.29 is 14.4 Å². The molecule has 0 aromatic heterocycles. The van der Waals surface area contributed by atoms with E-state index in [9.17, 15) is 14.4 Å². The van der Waals surface area contributed by atoms with Gasteiger partial charge in [0.15, 0.2) is 0 Å². The van der Waals surface area contributed by atoms with Crippen molar-refractivity contribution in [1.82, 2.24) is 4.90 Å². The average molecular weight is 280 g/mol. The van der Waals surface area contributed by atoms with Crippen LogP contribution in [-0.4, -0.2) is 22.6 Å². The Morgan fingerprint density at radius 2 is 1.75 bits per heavy atom. The molecule has 3 amide bonds. The summed E-state index contributed by atoms with van der Waals surface area (Å²) in [5.74, 6) is -1.86. The van der Waals surface area contributed by atoms with Gasteiger partial charge in [0.25, 0.3) is 17.7 Å². The number of imide groups is 3. The van der Waals surface area contributed by atoms with Gasteiger partial charge in [-0.05, 0) is 28.1 Å². The molecular weight excluding hydrogens is 274 g/mol. The summed E-state index contributed by atoms with van der Waals surface area (Å²) in [6.45, 7) is 0. The lowest BCUT2D eigenvalue weighted by atomic mass is 10.2. The molecule has 0 N–H and O–H groups in total. The Bertz CT molecular complexity index is 507. The molecule has 4 nitrogen and oxygen atoms in total. The van der Waals surface area contributed by atoms with E-state index in [4.69, 9.17) is 0 Å². The lowest BCUT2D eigenvalue weighted by molar-refractivity contribution is -0.133. The van der Waals surface area contributed by atoms with Crippen LogP contribution in [0.4, 0.5) is 0 Å². The smallest absolute Gasteiger partial charge is 0.269 e. The molecule has 1 aliphatic rings. The van der Waals surface area contributed by atoms with Crippen LogP contribution in [0.15, 0.2) is 40.9 Å². The summed E-state index contributed by atoms with van der Waals surface area (Å²) in [6, 6.07) is 8.18. The normalized spacial score (nSPS) is 15.3. The van der Waals surface area contributed by atoms with Crippen molar-refractivity contribution >= 4 is 33.7 Å². The lowest BCUT2D eigenvalue weighted by Crippen LogP contribution is -2.36. The number of carbonyl (C=O) groups excluding carboxylic acids is 3. The zero-order chi connectivity index (χ0) is 11.7. The molecule has 1 aromatic carbocycles. The van der Waals surface area contributed by atoms with Crippen LogP contribution in [0.1, 0.15) is 10.4 Å². The third kappa shape index (κ3) is 1.69. The van der Waals surface area contributed by atoms with Gasteiger partial charge in [0.05, 0.1) is 4.48 Å². The van der Waals surface area contributed by atoms with E-state index in [1.807, 2.05) is 0 Å². The fourth-order valence-corrected chi connectivity index (χ4v) is 1.72. The van der Waals surface area contributed by atoms with Crippen molar-refractivity contribution in [2.24, 2.45) is 0 Å². The van der Waals surface area contributed by atoms with E-state index < -0.39 is 17.7 Å². The van der Waals surface area contributed by atoms with E-state index in [2.05, 4.69) is 15.9 Å². The van der Waals surface area contributed by atoms with Crippen molar-refractivity contribution in [3.63, 3.8) is 0 Å². The standard InChI is InChI=1S/C11H6BrNO3/c12-8-6-9(14)13(11(8)16)10(15)7-4-2-1-3-5-7/h1-6H. The van der Waals surface area contributed by atoms with Crippen molar-refractivity contribution in [2.75, 3.05) is 0 Å². The van der Waals surface area contributed by atoms with Crippen LogP contribution in [0.3, 0.4) is 0 Å². The molecule has 0 radical (unpaired) electrons. The van der Waals surface area contributed by atoms with Crippen LogP contribution in [0, 0.1) is 0 Å². The van der Waals surface area contributed by atoms with E-state index in [1.165, 1.54) is 0 Å². The fourth-order valence-electron chi connectivity index (χ4n) is 1.34. The Morgan fingerprint density at radius 3 is 2.25 bits per heavy atom. The van der Waals surface area contributed by atoms with Crippen LogP contribution in [-0.2, 0) is 9.59 Å². The molecule has 1 heterocycles. The Kier molecular flexibility index (Phi) is 2.70. The number of amides is 3. The minimum absolute atomic E-state index is 0.0989. The van der Waals surface area contributed by atoms with Gasteiger partial charge in [0.1, 0.15) is 0 Å². The maximum Gasteiger partial charge on any atom is 0.275 e. The van der Waals surface area contributed by atoms with Gasteiger partial charge in [-0.1, -0.05) is 18.2 Å². The van der Waals surface area contributed by atoms with Crippen molar-refractivity contribution in [1.29, 1.82) is 0 Å². The minimum Gasteiger partial charge on any atom is -0.269 e. The van der Waals surface area contributed by atoms with Gasteiger partial charge >= 0.3 is 0 Å².